The van der Waals surface area contributed by atoms with E-state index in [0.717, 1.165) is 0 Å². The van der Waals surface area contributed by atoms with E-state index < -0.39 is 0 Å². The van der Waals surface area contributed by atoms with Crippen LogP contribution in [0.3, 0.4) is 0 Å². The second-order valence-electron chi connectivity index (χ2n) is 3.87. The average molecular weight is 166 g/mol. The van der Waals surface area contributed by atoms with Gasteiger partial charge in [0.05, 0.1) is 0 Å². The van der Waals surface area contributed by atoms with Crippen LogP contribution in [-0.4, -0.2) is 0 Å². The standard InChI is InChI=1S/C12H22/c1-6-7-11(4)9-12(5)8-10(2)3/h8-9,12H,6-7H2,1-5H3. The largest absolute Gasteiger partial charge is 0.0798 e. The molecule has 0 aromatic rings. The van der Waals surface area contributed by atoms with Crippen LogP contribution in [0.15, 0.2) is 23.3 Å². The highest BCUT2D eigenvalue weighted by atomic mass is 14.0. The summed E-state index contributed by atoms with van der Waals surface area (Å²) in [7, 11) is 0. The molecule has 0 amide bonds. The van der Waals surface area contributed by atoms with Gasteiger partial charge in [-0.15, -0.1) is 0 Å². The summed E-state index contributed by atoms with van der Waals surface area (Å²) in [6.07, 6.45) is 7.15. The van der Waals surface area contributed by atoms with Gasteiger partial charge in [-0.2, -0.15) is 0 Å². The Kier molecular flexibility index (Phi) is 5.79. The van der Waals surface area contributed by atoms with E-state index in [1.54, 1.807) is 0 Å². The molecule has 0 bridgehead atoms. The van der Waals surface area contributed by atoms with E-state index in [4.69, 9.17) is 0 Å². The summed E-state index contributed by atoms with van der Waals surface area (Å²) in [6.45, 7) is 11.0. The molecule has 0 radical (unpaired) electrons. The van der Waals surface area contributed by atoms with Gasteiger partial charge in [0.25, 0.3) is 0 Å². The lowest BCUT2D eigenvalue weighted by Gasteiger charge is -2.03. The molecule has 1 unspecified atom stereocenters. The molecule has 0 saturated carbocycles. The summed E-state index contributed by atoms with van der Waals surface area (Å²) in [5.74, 6) is 0.599. The Labute approximate surface area is 77.4 Å². The van der Waals surface area contributed by atoms with Crippen molar-refractivity contribution in [3.8, 4) is 0 Å². The molecule has 0 aliphatic heterocycles. The van der Waals surface area contributed by atoms with Crippen molar-refractivity contribution >= 4 is 0 Å². The van der Waals surface area contributed by atoms with Crippen molar-refractivity contribution in [2.45, 2.75) is 47.5 Å². The molecule has 0 N–H and O–H groups in total. The minimum Gasteiger partial charge on any atom is -0.0798 e. The molecule has 0 aliphatic carbocycles. The van der Waals surface area contributed by atoms with Crippen molar-refractivity contribution in [3.63, 3.8) is 0 Å². The van der Waals surface area contributed by atoms with Gasteiger partial charge in [-0.25, -0.2) is 0 Å². The zero-order chi connectivity index (χ0) is 9.56. The molecule has 0 rings (SSSR count). The SMILES string of the molecule is CCCC(C)=CC(C)C=C(C)C. The predicted molar refractivity (Wildman–Crippen MR) is 57.3 cm³/mol. The van der Waals surface area contributed by atoms with E-state index in [1.807, 2.05) is 0 Å². The maximum Gasteiger partial charge on any atom is -0.00768 e. The van der Waals surface area contributed by atoms with Crippen LogP contribution in [0.5, 0.6) is 0 Å². The maximum atomic E-state index is 2.36. The number of hydrogen-bond acceptors (Lipinski definition) is 0. The van der Waals surface area contributed by atoms with Crippen LogP contribution in [0.4, 0.5) is 0 Å². The topological polar surface area (TPSA) is 0 Å². The van der Waals surface area contributed by atoms with Gasteiger partial charge in [0.1, 0.15) is 0 Å². The van der Waals surface area contributed by atoms with Gasteiger partial charge in [-0.1, -0.05) is 43.6 Å². The van der Waals surface area contributed by atoms with Crippen molar-refractivity contribution in [2.75, 3.05) is 0 Å². The molecule has 0 heteroatoms. The second kappa shape index (κ2) is 6.05. The summed E-state index contributed by atoms with van der Waals surface area (Å²) in [5.41, 5.74) is 2.92. The first-order valence-electron chi connectivity index (χ1n) is 4.88. The zero-order valence-corrected chi connectivity index (χ0v) is 9.15. The molecule has 1 atom stereocenters. The summed E-state index contributed by atoms with van der Waals surface area (Å²) >= 11 is 0. The summed E-state index contributed by atoms with van der Waals surface area (Å²) in [6, 6.07) is 0. The maximum absolute atomic E-state index is 2.36. The number of allylic oxidation sites excluding steroid dienone is 4. The Morgan fingerprint density at radius 3 is 2.17 bits per heavy atom. The molecule has 0 spiro atoms. The van der Waals surface area contributed by atoms with E-state index in [0.29, 0.717) is 5.92 Å². The lowest BCUT2D eigenvalue weighted by molar-refractivity contribution is 0.854. The number of rotatable bonds is 4. The normalized spacial score (nSPS) is 14.2. The van der Waals surface area contributed by atoms with Crippen LogP contribution in [0.25, 0.3) is 0 Å². The first-order valence-corrected chi connectivity index (χ1v) is 4.88. The quantitative estimate of drug-likeness (QED) is 0.545. The van der Waals surface area contributed by atoms with Gasteiger partial charge >= 0.3 is 0 Å². The van der Waals surface area contributed by atoms with E-state index in [-0.39, 0.29) is 0 Å². The van der Waals surface area contributed by atoms with E-state index in [9.17, 15) is 0 Å². The zero-order valence-electron chi connectivity index (χ0n) is 9.15. The van der Waals surface area contributed by atoms with Gasteiger partial charge in [0.2, 0.25) is 0 Å². The predicted octanol–water partition coefficient (Wildman–Crippen LogP) is 4.34. The summed E-state index contributed by atoms with van der Waals surface area (Å²) < 4.78 is 0. The summed E-state index contributed by atoms with van der Waals surface area (Å²) in [4.78, 5) is 0. The minimum atomic E-state index is 0.599. The third-order valence-electron chi connectivity index (χ3n) is 1.79. The third kappa shape index (κ3) is 6.21. The first-order chi connectivity index (χ1) is 5.56. The van der Waals surface area contributed by atoms with Gasteiger partial charge < -0.3 is 0 Å². The van der Waals surface area contributed by atoms with Gasteiger partial charge in [-0.05, 0) is 33.1 Å². The first kappa shape index (κ1) is 11.5. The highest BCUT2D eigenvalue weighted by Gasteiger charge is 1.93. The van der Waals surface area contributed by atoms with Gasteiger partial charge in [0.15, 0.2) is 0 Å². The molecular formula is C12H22. The van der Waals surface area contributed by atoms with Crippen molar-refractivity contribution in [1.82, 2.24) is 0 Å². The van der Waals surface area contributed by atoms with Crippen molar-refractivity contribution in [1.29, 1.82) is 0 Å². The fourth-order valence-electron chi connectivity index (χ4n) is 1.50. The minimum absolute atomic E-state index is 0.599. The fourth-order valence-corrected chi connectivity index (χ4v) is 1.50. The third-order valence-corrected chi connectivity index (χ3v) is 1.79. The van der Waals surface area contributed by atoms with E-state index in [2.05, 4.69) is 46.8 Å². The molecule has 0 aromatic carbocycles. The lowest BCUT2D eigenvalue weighted by atomic mass is 10.0. The molecule has 0 heterocycles. The smallest absolute Gasteiger partial charge is 0.00768 e. The lowest BCUT2D eigenvalue weighted by Crippen LogP contribution is -1.87. The van der Waals surface area contributed by atoms with Crippen molar-refractivity contribution in [2.24, 2.45) is 5.92 Å². The molecule has 0 nitrogen and oxygen atoms in total. The van der Waals surface area contributed by atoms with E-state index in [1.165, 1.54) is 24.0 Å². The highest BCUT2D eigenvalue weighted by Crippen LogP contribution is 2.10. The Morgan fingerprint density at radius 1 is 1.17 bits per heavy atom. The molecule has 70 valence electrons. The molecule has 0 fully saturated rings. The van der Waals surface area contributed by atoms with Crippen LogP contribution in [0.2, 0.25) is 0 Å². The number of hydrogen-bond donors (Lipinski definition) is 0. The summed E-state index contributed by atoms with van der Waals surface area (Å²) in [5, 5.41) is 0. The second-order valence-corrected chi connectivity index (χ2v) is 3.87. The van der Waals surface area contributed by atoms with Crippen LogP contribution < -0.4 is 0 Å². The van der Waals surface area contributed by atoms with Crippen LogP contribution in [-0.2, 0) is 0 Å². The molecule has 0 saturated heterocycles. The monoisotopic (exact) mass is 166 g/mol. The van der Waals surface area contributed by atoms with Crippen LogP contribution in [0.1, 0.15) is 47.5 Å². The Hall–Kier alpha value is -0.520. The highest BCUT2D eigenvalue weighted by molar-refractivity contribution is 5.08. The Bertz CT molecular complexity index is 168. The van der Waals surface area contributed by atoms with Crippen LogP contribution in [0, 0.1) is 5.92 Å². The Morgan fingerprint density at radius 2 is 1.75 bits per heavy atom. The van der Waals surface area contributed by atoms with Crippen molar-refractivity contribution < 1.29 is 0 Å². The van der Waals surface area contributed by atoms with E-state index >= 15 is 0 Å². The van der Waals surface area contributed by atoms with Gasteiger partial charge in [0, 0.05) is 0 Å². The Balaban J connectivity index is 4.04. The molecular weight excluding hydrogens is 144 g/mol. The van der Waals surface area contributed by atoms with Gasteiger partial charge in [-0.3, -0.25) is 0 Å². The molecule has 12 heavy (non-hydrogen) atoms. The van der Waals surface area contributed by atoms with Crippen LogP contribution >= 0.6 is 0 Å². The molecule has 0 aliphatic rings. The fraction of sp³-hybridized carbons (Fsp3) is 0.667. The van der Waals surface area contributed by atoms with Crippen molar-refractivity contribution in [3.05, 3.63) is 23.3 Å². The molecule has 0 aromatic heterocycles. The average Bonchev–Trinajstić information content (AvgIpc) is 1.84.